The number of aromatic nitrogens is 2. The number of nitrogens with zero attached hydrogens (tertiary/aromatic N) is 5. The molecule has 11 heteroatoms. The van der Waals surface area contributed by atoms with Gasteiger partial charge in [-0.05, 0) is 51.3 Å². The average Bonchev–Trinajstić information content (AvgIpc) is 3.34. The molecule has 2 aromatic rings. The number of nitrogens with two attached hydrogens (primary N) is 2. The van der Waals surface area contributed by atoms with Crippen LogP contribution in [-0.2, 0) is 0 Å². The van der Waals surface area contributed by atoms with E-state index in [1.165, 1.54) is 31.8 Å². The van der Waals surface area contributed by atoms with Crippen molar-refractivity contribution < 1.29 is 14.6 Å². The molecule has 0 saturated heterocycles. The number of benzene rings is 1. The highest BCUT2D eigenvalue weighted by atomic mass is 16.5. The molecule has 0 spiro atoms. The molecule has 0 aliphatic heterocycles. The van der Waals surface area contributed by atoms with Crippen molar-refractivity contribution in [2.45, 2.75) is 77.0 Å². The van der Waals surface area contributed by atoms with Crippen LogP contribution in [0.5, 0.6) is 11.6 Å². The lowest BCUT2D eigenvalue weighted by atomic mass is 9.96. The summed E-state index contributed by atoms with van der Waals surface area (Å²) in [4.78, 5) is 8.46. The average molecular weight is 563 g/mol. The second kappa shape index (κ2) is 14.9. The van der Waals surface area contributed by atoms with E-state index in [1.54, 1.807) is 38.3 Å². The molecule has 0 unspecified atom stereocenters. The Hall–Kier alpha value is -4.30. The molecular weight excluding hydrogens is 520 g/mol. The van der Waals surface area contributed by atoms with Crippen LogP contribution in [0.2, 0.25) is 0 Å². The molecule has 6 N–H and O–H groups in total. The van der Waals surface area contributed by atoms with Crippen molar-refractivity contribution in [1.82, 2.24) is 9.78 Å². The fraction of sp³-hybridized carbons (Fsp3) is 0.467. The van der Waals surface area contributed by atoms with Crippen molar-refractivity contribution in [3.8, 4) is 17.7 Å². The van der Waals surface area contributed by atoms with Crippen LogP contribution in [0.15, 0.2) is 53.0 Å². The van der Waals surface area contributed by atoms with Gasteiger partial charge in [0, 0.05) is 24.4 Å². The Morgan fingerprint density at radius 2 is 2.10 bits per heavy atom. The number of anilines is 1. The predicted octanol–water partition coefficient (Wildman–Crippen LogP) is 4.51. The van der Waals surface area contributed by atoms with E-state index in [-0.39, 0.29) is 6.10 Å². The summed E-state index contributed by atoms with van der Waals surface area (Å²) in [5.41, 5.74) is 12.8. The molecule has 0 amide bonds. The highest BCUT2D eigenvalue weighted by molar-refractivity contribution is 6.10. The van der Waals surface area contributed by atoms with Crippen LogP contribution in [-0.4, -0.2) is 52.3 Å². The first kappa shape index (κ1) is 31.2. The van der Waals surface area contributed by atoms with Gasteiger partial charge in [0.2, 0.25) is 0 Å². The number of aliphatic hydroxyl groups is 1. The van der Waals surface area contributed by atoms with E-state index >= 15 is 0 Å². The summed E-state index contributed by atoms with van der Waals surface area (Å²) >= 11 is 0. The first-order valence-corrected chi connectivity index (χ1v) is 13.9. The van der Waals surface area contributed by atoms with Gasteiger partial charge in [0.05, 0.1) is 42.9 Å². The minimum Gasteiger partial charge on any atom is -0.487 e. The highest BCUT2D eigenvalue weighted by Crippen LogP contribution is 2.32. The Morgan fingerprint density at radius 3 is 2.76 bits per heavy atom. The van der Waals surface area contributed by atoms with E-state index in [0.717, 1.165) is 12.8 Å². The number of rotatable bonds is 14. The molecule has 1 aliphatic carbocycles. The molecule has 0 bridgehead atoms. The van der Waals surface area contributed by atoms with Gasteiger partial charge in [-0.2, -0.15) is 5.26 Å². The smallest absolute Gasteiger partial charge is 0.256 e. The monoisotopic (exact) mass is 562 g/mol. The largest absolute Gasteiger partial charge is 0.487 e. The van der Waals surface area contributed by atoms with Crippen LogP contribution >= 0.6 is 0 Å². The summed E-state index contributed by atoms with van der Waals surface area (Å²) in [5.74, 6) is 1.21. The van der Waals surface area contributed by atoms with Gasteiger partial charge >= 0.3 is 0 Å². The van der Waals surface area contributed by atoms with Gasteiger partial charge in [0.25, 0.3) is 5.88 Å². The van der Waals surface area contributed by atoms with Crippen LogP contribution in [0.4, 0.5) is 5.69 Å². The SMILES string of the molecule is C=C(N=C/C(=C\N)c1ccc(C#N)c(O[C@@H](C)CN=CN)c1)Nc1cn(C2CCCCC2)nc1OCCC(C)(C)O. The molecule has 3 rings (SSSR count). The number of hydrogen-bond donors (Lipinski definition) is 4. The summed E-state index contributed by atoms with van der Waals surface area (Å²) in [5, 5.41) is 27.5. The number of nitrogens with one attached hydrogen (secondary N) is 1. The minimum absolute atomic E-state index is 0.283. The zero-order valence-electron chi connectivity index (χ0n) is 24.2. The van der Waals surface area contributed by atoms with Gasteiger partial charge in [-0.1, -0.05) is 31.9 Å². The predicted molar refractivity (Wildman–Crippen MR) is 163 cm³/mol. The fourth-order valence-electron chi connectivity index (χ4n) is 4.40. The second-order valence-corrected chi connectivity index (χ2v) is 10.7. The van der Waals surface area contributed by atoms with Crippen LogP contribution < -0.4 is 26.3 Å². The molecule has 1 aromatic carbocycles. The lowest BCUT2D eigenvalue weighted by Gasteiger charge is -2.21. The van der Waals surface area contributed by atoms with Crippen molar-refractivity contribution in [3.05, 3.63) is 54.1 Å². The maximum absolute atomic E-state index is 10.1. The van der Waals surface area contributed by atoms with E-state index in [0.29, 0.717) is 65.5 Å². The molecule has 11 nitrogen and oxygen atoms in total. The molecule has 0 radical (unpaired) electrons. The first-order valence-electron chi connectivity index (χ1n) is 13.9. The van der Waals surface area contributed by atoms with E-state index in [9.17, 15) is 10.4 Å². The third kappa shape index (κ3) is 9.69. The molecule has 1 aliphatic rings. The van der Waals surface area contributed by atoms with E-state index in [1.807, 2.05) is 17.8 Å². The number of ether oxygens (including phenoxy) is 2. The summed E-state index contributed by atoms with van der Waals surface area (Å²) in [6, 6.07) is 7.65. The first-order chi connectivity index (χ1) is 19.6. The molecule has 1 heterocycles. The van der Waals surface area contributed by atoms with Crippen molar-refractivity contribution in [3.63, 3.8) is 0 Å². The number of allylic oxidation sites excluding steroid dienone is 1. The fourth-order valence-corrected chi connectivity index (χ4v) is 4.40. The van der Waals surface area contributed by atoms with E-state index in [2.05, 4.69) is 27.9 Å². The third-order valence-electron chi connectivity index (χ3n) is 6.65. The second-order valence-electron chi connectivity index (χ2n) is 10.7. The Balaban J connectivity index is 1.75. The Kier molecular flexibility index (Phi) is 11.4. The third-order valence-corrected chi connectivity index (χ3v) is 6.65. The topological polar surface area (TPSA) is 169 Å². The zero-order chi connectivity index (χ0) is 29.8. The summed E-state index contributed by atoms with van der Waals surface area (Å²) in [6.07, 6.45) is 12.1. The Labute approximate surface area is 242 Å². The maximum Gasteiger partial charge on any atom is 0.256 e. The lowest BCUT2D eigenvalue weighted by Crippen LogP contribution is -2.22. The number of hydrogen-bond acceptors (Lipinski definition) is 9. The highest BCUT2D eigenvalue weighted by Gasteiger charge is 2.21. The van der Waals surface area contributed by atoms with Crippen molar-refractivity contribution in [1.29, 1.82) is 5.26 Å². The minimum atomic E-state index is -0.842. The van der Waals surface area contributed by atoms with Gasteiger partial charge in [0.15, 0.2) is 0 Å². The molecule has 1 saturated carbocycles. The normalized spacial score (nSPS) is 15.6. The molecule has 220 valence electrons. The summed E-state index contributed by atoms with van der Waals surface area (Å²) in [7, 11) is 0. The van der Waals surface area contributed by atoms with Crippen molar-refractivity contribution in [2.24, 2.45) is 21.5 Å². The van der Waals surface area contributed by atoms with Gasteiger partial charge in [-0.15, -0.1) is 5.10 Å². The van der Waals surface area contributed by atoms with Crippen LogP contribution in [0.25, 0.3) is 5.57 Å². The molecule has 41 heavy (non-hydrogen) atoms. The number of nitriles is 1. The summed E-state index contributed by atoms with van der Waals surface area (Å²) in [6.45, 7) is 10.1. The summed E-state index contributed by atoms with van der Waals surface area (Å²) < 4.78 is 13.8. The van der Waals surface area contributed by atoms with Gasteiger partial charge in [0.1, 0.15) is 29.4 Å². The Morgan fingerprint density at radius 1 is 1.34 bits per heavy atom. The van der Waals surface area contributed by atoms with Gasteiger partial charge in [-0.3, -0.25) is 9.67 Å². The lowest BCUT2D eigenvalue weighted by molar-refractivity contribution is 0.0546. The number of aliphatic imine (C=N–C) groups is 2. The van der Waals surface area contributed by atoms with Crippen LogP contribution in [0.3, 0.4) is 0 Å². The van der Waals surface area contributed by atoms with Crippen molar-refractivity contribution >= 4 is 23.8 Å². The molecule has 1 aromatic heterocycles. The van der Waals surface area contributed by atoms with Crippen LogP contribution in [0, 0.1) is 11.3 Å². The van der Waals surface area contributed by atoms with Crippen molar-refractivity contribution in [2.75, 3.05) is 18.5 Å². The molecular formula is C30H42N8O3. The Bertz CT molecular complexity index is 1290. The van der Waals surface area contributed by atoms with E-state index in [4.69, 9.17) is 26.0 Å². The van der Waals surface area contributed by atoms with Crippen LogP contribution in [0.1, 0.15) is 76.5 Å². The van der Waals surface area contributed by atoms with E-state index < -0.39 is 5.60 Å². The maximum atomic E-state index is 10.1. The molecule has 1 atom stereocenters. The van der Waals surface area contributed by atoms with Gasteiger partial charge in [-0.25, -0.2) is 4.99 Å². The van der Waals surface area contributed by atoms with Gasteiger partial charge < -0.3 is 31.4 Å². The quantitative estimate of drug-likeness (QED) is 0.193. The zero-order valence-corrected chi connectivity index (χ0v) is 24.2. The molecule has 1 fully saturated rings. The standard InChI is InChI=1S/C30H42N8O3/c1-21(17-34-20-33)41-28-14-23(10-11-24(28)15-31)25(16-32)18-35-22(2)36-27-19-38(26-8-6-5-7-9-26)37-29(27)40-13-12-30(3,4)39/h10-11,14,16,18-21,26,36,39H,2,5-9,12-13,17,32H2,1,3-4H3,(H2,33,34)/b25-16+,35-18?/t21-/m0/s1.